The first-order valence-electron chi connectivity index (χ1n) is 5.63. The maximum absolute atomic E-state index is 11.2. The summed E-state index contributed by atoms with van der Waals surface area (Å²) < 4.78 is 28.0. The first-order valence-corrected chi connectivity index (χ1v) is 7.94. The summed E-state index contributed by atoms with van der Waals surface area (Å²) in [5.41, 5.74) is 0.593. The highest BCUT2D eigenvalue weighted by atomic mass is 35.7. The summed E-state index contributed by atoms with van der Waals surface area (Å²) in [4.78, 5) is 2.21. The molecular formula is C12H18ClNO3S. The van der Waals surface area contributed by atoms with E-state index < -0.39 is 9.05 Å². The predicted octanol–water partition coefficient (Wildman–Crippen LogP) is 2.25. The maximum atomic E-state index is 11.2. The summed E-state index contributed by atoms with van der Waals surface area (Å²) in [5.74, 6) is 0.662. The minimum Gasteiger partial charge on any atom is -0.494 e. The molecule has 0 bridgehead atoms. The molecule has 1 rings (SSSR count). The van der Waals surface area contributed by atoms with Gasteiger partial charge in [-0.25, -0.2) is 8.42 Å². The van der Waals surface area contributed by atoms with E-state index in [2.05, 4.69) is 4.90 Å². The van der Waals surface area contributed by atoms with Gasteiger partial charge in [0.2, 0.25) is 0 Å². The quantitative estimate of drug-likeness (QED) is 0.596. The molecule has 0 radical (unpaired) electrons. The molecule has 102 valence electrons. The fourth-order valence-electron chi connectivity index (χ4n) is 1.56. The molecule has 0 aliphatic rings. The Morgan fingerprint density at radius 2 is 2.00 bits per heavy atom. The number of hydrogen-bond acceptors (Lipinski definition) is 4. The van der Waals surface area contributed by atoms with E-state index in [0.29, 0.717) is 17.9 Å². The summed E-state index contributed by atoms with van der Waals surface area (Å²) >= 11 is 0. The van der Waals surface area contributed by atoms with Crippen molar-refractivity contribution in [2.24, 2.45) is 0 Å². The van der Waals surface area contributed by atoms with E-state index in [1.165, 1.54) is 6.07 Å². The van der Waals surface area contributed by atoms with Crippen LogP contribution < -0.4 is 4.74 Å². The van der Waals surface area contributed by atoms with Crippen molar-refractivity contribution >= 4 is 19.7 Å². The lowest BCUT2D eigenvalue weighted by Crippen LogP contribution is -2.15. The van der Waals surface area contributed by atoms with Crippen molar-refractivity contribution < 1.29 is 13.2 Å². The van der Waals surface area contributed by atoms with Crippen LogP contribution in [0, 0.1) is 6.92 Å². The van der Waals surface area contributed by atoms with Crippen LogP contribution in [0.3, 0.4) is 0 Å². The van der Waals surface area contributed by atoms with E-state index in [1.54, 1.807) is 19.1 Å². The van der Waals surface area contributed by atoms with Crippen molar-refractivity contribution in [1.82, 2.24) is 4.90 Å². The molecule has 0 fully saturated rings. The fourth-order valence-corrected chi connectivity index (χ4v) is 2.75. The second-order valence-electron chi connectivity index (χ2n) is 4.37. The average molecular weight is 292 g/mol. The van der Waals surface area contributed by atoms with E-state index in [9.17, 15) is 8.42 Å². The van der Waals surface area contributed by atoms with Gasteiger partial charge in [-0.2, -0.15) is 0 Å². The standard InChI is InChI=1S/C12H18ClNO3S/c1-10-9-11(17-8-4-7-14(2)3)5-6-12(10)18(13,15)16/h5-6,9H,4,7-8H2,1-3H3. The predicted molar refractivity (Wildman–Crippen MR) is 72.9 cm³/mol. The third-order valence-corrected chi connectivity index (χ3v) is 3.91. The maximum Gasteiger partial charge on any atom is 0.261 e. The zero-order valence-corrected chi connectivity index (χ0v) is 12.4. The second-order valence-corrected chi connectivity index (χ2v) is 6.90. The zero-order valence-electron chi connectivity index (χ0n) is 10.8. The number of aryl methyl sites for hydroxylation is 1. The molecule has 18 heavy (non-hydrogen) atoms. The highest BCUT2D eigenvalue weighted by Crippen LogP contribution is 2.23. The van der Waals surface area contributed by atoms with E-state index in [-0.39, 0.29) is 4.90 Å². The summed E-state index contributed by atoms with van der Waals surface area (Å²) in [6.07, 6.45) is 0.918. The summed E-state index contributed by atoms with van der Waals surface area (Å²) in [5, 5.41) is 0. The summed E-state index contributed by atoms with van der Waals surface area (Å²) in [6, 6.07) is 4.78. The molecule has 0 aromatic heterocycles. The molecule has 4 nitrogen and oxygen atoms in total. The number of nitrogens with zero attached hydrogens (tertiary/aromatic N) is 1. The number of rotatable bonds is 6. The largest absolute Gasteiger partial charge is 0.494 e. The molecule has 0 spiro atoms. The molecule has 0 aliphatic carbocycles. The molecule has 0 amide bonds. The Labute approximate surface area is 113 Å². The molecule has 0 unspecified atom stereocenters. The molecule has 0 saturated carbocycles. The lowest BCUT2D eigenvalue weighted by Gasteiger charge is -2.11. The van der Waals surface area contributed by atoms with E-state index in [4.69, 9.17) is 15.4 Å². The molecular weight excluding hydrogens is 274 g/mol. The third-order valence-electron chi connectivity index (χ3n) is 2.43. The van der Waals surface area contributed by atoms with Gasteiger partial charge in [-0.15, -0.1) is 0 Å². The van der Waals surface area contributed by atoms with E-state index >= 15 is 0 Å². The van der Waals surface area contributed by atoms with Crippen LogP contribution >= 0.6 is 10.7 Å². The smallest absolute Gasteiger partial charge is 0.261 e. The lowest BCUT2D eigenvalue weighted by molar-refractivity contribution is 0.281. The Bertz CT molecular complexity index is 500. The van der Waals surface area contributed by atoms with Gasteiger partial charge >= 0.3 is 0 Å². The normalized spacial score (nSPS) is 11.8. The van der Waals surface area contributed by atoms with Gasteiger partial charge in [0.25, 0.3) is 9.05 Å². The Morgan fingerprint density at radius 1 is 1.33 bits per heavy atom. The van der Waals surface area contributed by atoms with Crippen LogP contribution in [0.15, 0.2) is 23.1 Å². The molecule has 0 aliphatic heterocycles. The van der Waals surface area contributed by atoms with Crippen molar-refractivity contribution in [3.8, 4) is 5.75 Å². The van der Waals surface area contributed by atoms with E-state index in [0.717, 1.165) is 13.0 Å². The molecule has 0 N–H and O–H groups in total. The molecule has 1 aromatic rings. The van der Waals surface area contributed by atoms with Gasteiger partial charge in [0.15, 0.2) is 0 Å². The highest BCUT2D eigenvalue weighted by Gasteiger charge is 2.13. The van der Waals surface area contributed by atoms with E-state index in [1.807, 2.05) is 14.1 Å². The van der Waals surface area contributed by atoms with Gasteiger partial charge in [-0.1, -0.05) is 0 Å². The minimum atomic E-state index is -3.68. The molecule has 0 atom stereocenters. The molecule has 0 saturated heterocycles. The van der Waals surface area contributed by atoms with Crippen LogP contribution in [0.2, 0.25) is 0 Å². The number of benzene rings is 1. The average Bonchev–Trinajstić information content (AvgIpc) is 2.22. The SMILES string of the molecule is Cc1cc(OCCCN(C)C)ccc1S(=O)(=O)Cl. The Morgan fingerprint density at radius 3 is 2.50 bits per heavy atom. The van der Waals surface area contributed by atoms with Crippen molar-refractivity contribution in [2.45, 2.75) is 18.2 Å². The zero-order chi connectivity index (χ0) is 13.8. The first kappa shape index (κ1) is 15.3. The van der Waals surface area contributed by atoms with Gasteiger partial charge in [0.1, 0.15) is 5.75 Å². The Balaban J connectivity index is 2.63. The monoisotopic (exact) mass is 291 g/mol. The van der Waals surface area contributed by atoms with Gasteiger partial charge in [0.05, 0.1) is 11.5 Å². The third kappa shape index (κ3) is 4.84. The molecule has 6 heteroatoms. The number of halogens is 1. The van der Waals surface area contributed by atoms with Gasteiger partial charge in [0, 0.05) is 17.2 Å². The van der Waals surface area contributed by atoms with Crippen LogP contribution in [0.5, 0.6) is 5.75 Å². The van der Waals surface area contributed by atoms with Crippen LogP contribution in [-0.4, -0.2) is 40.6 Å². The lowest BCUT2D eigenvalue weighted by atomic mass is 10.2. The highest BCUT2D eigenvalue weighted by molar-refractivity contribution is 8.13. The molecule has 0 heterocycles. The van der Waals surface area contributed by atoms with Crippen molar-refractivity contribution in [3.05, 3.63) is 23.8 Å². The molecule has 1 aromatic carbocycles. The van der Waals surface area contributed by atoms with Crippen molar-refractivity contribution in [1.29, 1.82) is 0 Å². The number of ether oxygens (including phenoxy) is 1. The van der Waals surface area contributed by atoms with Crippen LogP contribution in [0.25, 0.3) is 0 Å². The first-order chi connectivity index (χ1) is 8.30. The minimum absolute atomic E-state index is 0.129. The second kappa shape index (κ2) is 6.41. The Kier molecular flexibility index (Phi) is 5.44. The topological polar surface area (TPSA) is 46.6 Å². The van der Waals surface area contributed by atoms with Crippen molar-refractivity contribution in [3.63, 3.8) is 0 Å². The van der Waals surface area contributed by atoms with Crippen LogP contribution in [0.1, 0.15) is 12.0 Å². The summed E-state index contributed by atoms with van der Waals surface area (Å²) in [6.45, 7) is 3.25. The fraction of sp³-hybridized carbons (Fsp3) is 0.500. The van der Waals surface area contributed by atoms with Crippen molar-refractivity contribution in [2.75, 3.05) is 27.2 Å². The van der Waals surface area contributed by atoms with Gasteiger partial charge in [-0.05, 0) is 51.2 Å². The van der Waals surface area contributed by atoms with Gasteiger partial charge in [-0.3, -0.25) is 0 Å². The van der Waals surface area contributed by atoms with Crippen LogP contribution in [-0.2, 0) is 9.05 Å². The van der Waals surface area contributed by atoms with Crippen LogP contribution in [0.4, 0.5) is 0 Å². The Hall–Kier alpha value is -0.780. The summed E-state index contributed by atoms with van der Waals surface area (Å²) in [7, 11) is 5.64. The van der Waals surface area contributed by atoms with Gasteiger partial charge < -0.3 is 9.64 Å². The number of hydrogen-bond donors (Lipinski definition) is 0.